The van der Waals surface area contributed by atoms with Gasteiger partial charge >= 0.3 is 0 Å². The number of nitrogens with one attached hydrogen (secondary N) is 1. The Morgan fingerprint density at radius 2 is 1.93 bits per heavy atom. The molecular weight excluding hydrogens is 396 g/mol. The van der Waals surface area contributed by atoms with Gasteiger partial charge in [0.1, 0.15) is 0 Å². The number of benzene rings is 2. The van der Waals surface area contributed by atoms with Gasteiger partial charge in [-0.1, -0.05) is 36.4 Å². The van der Waals surface area contributed by atoms with Crippen LogP contribution < -0.4 is 10.9 Å². The monoisotopic (exact) mass is 418 g/mol. The summed E-state index contributed by atoms with van der Waals surface area (Å²) in [7, 11) is 1.76. The van der Waals surface area contributed by atoms with E-state index in [2.05, 4.69) is 23.5 Å². The van der Waals surface area contributed by atoms with E-state index in [-0.39, 0.29) is 24.6 Å². The number of aliphatic hydroxyl groups is 1. The van der Waals surface area contributed by atoms with Crippen LogP contribution in [-0.2, 0) is 13.5 Å². The Balaban J connectivity index is 1.70. The van der Waals surface area contributed by atoms with Crippen LogP contribution in [0.3, 0.4) is 0 Å². The lowest BCUT2D eigenvalue weighted by molar-refractivity contribution is 0.0945. The number of aromatic nitrogens is 1. The smallest absolute Gasteiger partial charge is 0.253 e. The Labute approximate surface area is 178 Å². The number of rotatable bonds is 6. The molecule has 0 aliphatic heterocycles. The number of aliphatic hydroxyl groups excluding tert-OH is 1. The maximum absolute atomic E-state index is 12.4. The van der Waals surface area contributed by atoms with Crippen LogP contribution in [-0.4, -0.2) is 28.7 Å². The second-order valence-corrected chi connectivity index (χ2v) is 8.26. The van der Waals surface area contributed by atoms with Crippen molar-refractivity contribution in [1.82, 2.24) is 9.88 Å². The number of hydrogen-bond donors (Lipinski definition) is 2. The zero-order chi connectivity index (χ0) is 21.1. The van der Waals surface area contributed by atoms with Crippen LogP contribution in [0.5, 0.6) is 0 Å². The van der Waals surface area contributed by atoms with E-state index in [1.165, 1.54) is 0 Å². The van der Waals surface area contributed by atoms with Crippen molar-refractivity contribution in [3.05, 3.63) is 93.2 Å². The molecule has 6 heteroatoms. The van der Waals surface area contributed by atoms with Crippen LogP contribution in [0.4, 0.5) is 0 Å². The van der Waals surface area contributed by atoms with Crippen molar-refractivity contribution in [2.45, 2.75) is 6.42 Å². The molecule has 4 rings (SSSR count). The molecule has 30 heavy (non-hydrogen) atoms. The number of nitrogens with zero attached hydrogens (tertiary/aromatic N) is 1. The topological polar surface area (TPSA) is 71.3 Å². The number of carbonyl (C=O) groups excluding carboxylic acids is 1. The molecule has 0 aliphatic carbocycles. The largest absolute Gasteiger partial charge is 0.395 e. The molecule has 2 heterocycles. The summed E-state index contributed by atoms with van der Waals surface area (Å²) >= 11 is 1.67. The van der Waals surface area contributed by atoms with Crippen LogP contribution in [0.1, 0.15) is 20.8 Å². The van der Waals surface area contributed by atoms with Crippen molar-refractivity contribution in [1.29, 1.82) is 0 Å². The number of hydrogen-bond acceptors (Lipinski definition) is 4. The number of carbonyl (C=O) groups is 1. The van der Waals surface area contributed by atoms with E-state index in [0.29, 0.717) is 12.0 Å². The molecule has 4 aromatic rings. The van der Waals surface area contributed by atoms with Gasteiger partial charge in [0.05, 0.1) is 6.61 Å². The molecule has 2 aromatic heterocycles. The predicted octanol–water partition coefficient (Wildman–Crippen LogP) is 3.58. The Bertz CT molecular complexity index is 1270. The molecule has 0 spiro atoms. The van der Waals surface area contributed by atoms with Gasteiger partial charge in [0.25, 0.3) is 11.5 Å². The lowest BCUT2D eigenvalue weighted by Gasteiger charge is -2.07. The fraction of sp³-hybridized carbons (Fsp3) is 0.167. The van der Waals surface area contributed by atoms with Crippen molar-refractivity contribution in [3.8, 4) is 11.1 Å². The van der Waals surface area contributed by atoms with Crippen LogP contribution in [0.2, 0.25) is 0 Å². The fourth-order valence-electron chi connectivity index (χ4n) is 3.51. The second-order valence-electron chi connectivity index (χ2n) is 7.12. The highest BCUT2D eigenvalue weighted by molar-refractivity contribution is 7.19. The van der Waals surface area contributed by atoms with Gasteiger partial charge in [0.15, 0.2) is 0 Å². The van der Waals surface area contributed by atoms with Crippen molar-refractivity contribution in [2.24, 2.45) is 7.05 Å². The third-order valence-corrected chi connectivity index (χ3v) is 6.18. The van der Waals surface area contributed by atoms with Gasteiger partial charge < -0.3 is 15.0 Å². The van der Waals surface area contributed by atoms with E-state index >= 15 is 0 Å². The van der Waals surface area contributed by atoms with Gasteiger partial charge in [-0.05, 0) is 40.8 Å². The van der Waals surface area contributed by atoms with E-state index in [1.54, 1.807) is 35.2 Å². The molecule has 0 aliphatic rings. The zero-order valence-electron chi connectivity index (χ0n) is 16.6. The molecule has 152 valence electrons. The zero-order valence-corrected chi connectivity index (χ0v) is 17.4. The summed E-state index contributed by atoms with van der Waals surface area (Å²) in [6.07, 6.45) is 2.36. The van der Waals surface area contributed by atoms with E-state index in [9.17, 15) is 9.59 Å². The van der Waals surface area contributed by atoms with Crippen LogP contribution in [0.15, 0.2) is 71.7 Å². The molecular formula is C24H22N2O3S. The lowest BCUT2D eigenvalue weighted by Crippen LogP contribution is -2.26. The molecule has 0 saturated heterocycles. The summed E-state index contributed by atoms with van der Waals surface area (Å²) in [5, 5.41) is 12.7. The number of amides is 1. The highest BCUT2D eigenvalue weighted by Gasteiger charge is 2.12. The van der Waals surface area contributed by atoms with Gasteiger partial charge in [-0.25, -0.2) is 0 Å². The van der Waals surface area contributed by atoms with E-state index in [0.717, 1.165) is 31.7 Å². The van der Waals surface area contributed by atoms with Gasteiger partial charge in [0, 0.05) is 46.9 Å². The van der Waals surface area contributed by atoms with Crippen LogP contribution in [0.25, 0.3) is 21.2 Å². The van der Waals surface area contributed by atoms with Crippen molar-refractivity contribution in [2.75, 3.05) is 13.2 Å². The Kier molecular flexibility index (Phi) is 5.79. The minimum atomic E-state index is -0.204. The van der Waals surface area contributed by atoms with E-state index in [4.69, 9.17) is 5.11 Å². The lowest BCUT2D eigenvalue weighted by atomic mass is 10.0. The molecule has 5 nitrogen and oxygen atoms in total. The number of aryl methyl sites for hydroxylation is 1. The summed E-state index contributed by atoms with van der Waals surface area (Å²) in [6.45, 7) is 0.138. The van der Waals surface area contributed by atoms with Gasteiger partial charge in [-0.2, -0.15) is 0 Å². The Morgan fingerprint density at radius 1 is 1.10 bits per heavy atom. The van der Waals surface area contributed by atoms with Crippen molar-refractivity contribution in [3.63, 3.8) is 0 Å². The molecule has 0 fully saturated rings. The number of fused-ring (bicyclic) bond motifs is 1. The summed E-state index contributed by atoms with van der Waals surface area (Å²) < 4.78 is 2.73. The maximum Gasteiger partial charge on any atom is 0.253 e. The summed E-state index contributed by atoms with van der Waals surface area (Å²) in [4.78, 5) is 25.8. The third-order valence-electron chi connectivity index (χ3n) is 5.00. The van der Waals surface area contributed by atoms with Crippen LogP contribution in [0, 0.1) is 0 Å². The normalized spacial score (nSPS) is 11.0. The second kappa shape index (κ2) is 8.65. The maximum atomic E-state index is 12.4. The first-order valence-corrected chi connectivity index (χ1v) is 10.5. The molecule has 0 bridgehead atoms. The average molecular weight is 419 g/mol. The quantitative estimate of drug-likeness (QED) is 0.503. The van der Waals surface area contributed by atoms with Crippen molar-refractivity contribution < 1.29 is 9.90 Å². The van der Waals surface area contributed by atoms with Gasteiger partial charge in [0.2, 0.25) is 0 Å². The summed E-state index contributed by atoms with van der Waals surface area (Å²) in [6, 6.07) is 19.5. The Morgan fingerprint density at radius 3 is 2.77 bits per heavy atom. The minimum absolute atomic E-state index is 0.0248. The minimum Gasteiger partial charge on any atom is -0.395 e. The number of pyridine rings is 1. The fourth-order valence-corrected chi connectivity index (χ4v) is 4.72. The van der Waals surface area contributed by atoms with Gasteiger partial charge in [-0.3, -0.25) is 9.59 Å². The third kappa shape index (κ3) is 4.06. The standard InChI is InChI=1S/C24H22N2O3S/c1-26-11-4-8-19(24(26)29)15-20-14-17-6-3-9-21(22(17)30-20)16-5-2-7-18(13-16)23(28)25-10-12-27/h2-9,11,13-14,27H,10,12,15H2,1H3,(H,25,28). The highest BCUT2D eigenvalue weighted by Crippen LogP contribution is 2.35. The average Bonchev–Trinajstić information content (AvgIpc) is 3.18. The van der Waals surface area contributed by atoms with Crippen molar-refractivity contribution >= 4 is 27.3 Å². The summed E-state index contributed by atoms with van der Waals surface area (Å²) in [5.74, 6) is -0.204. The molecule has 1 amide bonds. The number of thiophene rings is 1. The van der Waals surface area contributed by atoms with E-state index in [1.807, 2.05) is 36.4 Å². The molecule has 0 atom stereocenters. The highest BCUT2D eigenvalue weighted by atomic mass is 32.1. The molecule has 2 aromatic carbocycles. The molecule has 2 N–H and O–H groups in total. The first kappa shape index (κ1) is 20.1. The predicted molar refractivity (Wildman–Crippen MR) is 121 cm³/mol. The first-order valence-electron chi connectivity index (χ1n) is 9.72. The molecule has 0 unspecified atom stereocenters. The van der Waals surface area contributed by atoms with E-state index < -0.39 is 0 Å². The van der Waals surface area contributed by atoms with Crippen LogP contribution >= 0.6 is 11.3 Å². The summed E-state index contributed by atoms with van der Waals surface area (Å²) in [5.41, 5.74) is 3.37. The first-order chi connectivity index (χ1) is 14.6. The Hall–Kier alpha value is -3.22. The molecule has 0 saturated carbocycles. The SMILES string of the molecule is Cn1cccc(Cc2cc3cccc(-c4cccc(C(=O)NCCO)c4)c3s2)c1=O. The molecule has 0 radical (unpaired) electrons. The van der Waals surface area contributed by atoms with Gasteiger partial charge in [-0.15, -0.1) is 11.3 Å².